The second-order valence-electron chi connectivity index (χ2n) is 4.22. The maximum atomic E-state index is 12.3. The van der Waals surface area contributed by atoms with E-state index in [0.717, 1.165) is 0 Å². The van der Waals surface area contributed by atoms with Crippen molar-refractivity contribution in [1.29, 1.82) is 0 Å². The number of hydrogen-bond donors (Lipinski definition) is 0. The van der Waals surface area contributed by atoms with Crippen molar-refractivity contribution in [2.45, 2.75) is 42.5 Å². The average Bonchev–Trinajstić information content (AvgIpc) is 2.26. The molecule has 0 radical (unpaired) electrons. The molecule has 1 saturated carbocycles. The van der Waals surface area contributed by atoms with Gasteiger partial charge >= 0.3 is 12.4 Å². The van der Waals surface area contributed by atoms with E-state index in [1.807, 2.05) is 0 Å². The Kier molecular flexibility index (Phi) is 5.94. The first-order valence-electron chi connectivity index (χ1n) is 5.61. The van der Waals surface area contributed by atoms with E-state index in [9.17, 15) is 26.3 Å². The van der Waals surface area contributed by atoms with E-state index in [1.165, 1.54) is 7.11 Å². The number of hydrogen-bond acceptors (Lipinski definition) is 3. The predicted molar refractivity (Wildman–Crippen MR) is 56.6 cm³/mol. The molecule has 1 aliphatic rings. The molecule has 0 bridgehead atoms. The maximum absolute atomic E-state index is 12.3. The van der Waals surface area contributed by atoms with Crippen LogP contribution in [-0.2, 0) is 14.2 Å². The maximum Gasteiger partial charge on any atom is 0.423 e. The molecule has 3 unspecified atom stereocenters. The van der Waals surface area contributed by atoms with Gasteiger partial charge in [0.25, 0.3) is 0 Å². The van der Waals surface area contributed by atoms with Gasteiger partial charge in [0.1, 0.15) is 6.10 Å². The zero-order chi connectivity index (χ0) is 15.6. The van der Waals surface area contributed by atoms with Crippen LogP contribution < -0.4 is 0 Å². The van der Waals surface area contributed by atoms with E-state index >= 15 is 0 Å². The summed E-state index contributed by atoms with van der Waals surface area (Å²) < 4.78 is 87.8. The molecule has 0 N–H and O–H groups in total. The highest BCUT2D eigenvalue weighted by Gasteiger charge is 2.60. The predicted octanol–water partition coefficient (Wildman–Crippen LogP) is 2.91. The molecule has 0 aromatic heterocycles. The highest BCUT2D eigenvalue weighted by Crippen LogP contribution is 2.41. The quantitative estimate of drug-likeness (QED) is 0.426. The molecule has 10 heteroatoms. The van der Waals surface area contributed by atoms with E-state index in [1.54, 1.807) is 0 Å². The Labute approximate surface area is 116 Å². The summed E-state index contributed by atoms with van der Waals surface area (Å²) >= 11 is 5.69. The molecule has 3 atom stereocenters. The number of halogens is 7. The first kappa shape index (κ1) is 17.8. The zero-order valence-corrected chi connectivity index (χ0v) is 11.1. The fourth-order valence-corrected chi connectivity index (χ4v) is 2.06. The zero-order valence-electron chi connectivity index (χ0n) is 10.3. The Hall–Kier alpha value is -0.250. The first-order valence-corrected chi connectivity index (χ1v) is 6.04. The van der Waals surface area contributed by atoms with Crippen molar-refractivity contribution in [3.05, 3.63) is 0 Å². The Morgan fingerprint density at radius 1 is 1.10 bits per heavy atom. The van der Waals surface area contributed by atoms with Gasteiger partial charge in [-0.15, -0.1) is 11.6 Å². The fraction of sp³-hybridized carbons (Fsp3) is 1.00. The van der Waals surface area contributed by atoms with Gasteiger partial charge in [0.2, 0.25) is 6.10 Å². The van der Waals surface area contributed by atoms with E-state index in [2.05, 4.69) is 9.47 Å². The SMILES string of the molecule is COCCOC1C(Cl)CC1OC(C(F)(F)F)C(F)(F)F. The number of ether oxygens (including phenoxy) is 3. The number of alkyl halides is 7. The molecule has 20 heavy (non-hydrogen) atoms. The third-order valence-corrected chi connectivity index (χ3v) is 3.11. The number of methoxy groups -OCH3 is 1. The lowest BCUT2D eigenvalue weighted by Crippen LogP contribution is -2.57. The Bertz CT molecular complexity index is 294. The van der Waals surface area contributed by atoms with Crippen LogP contribution >= 0.6 is 11.6 Å². The summed E-state index contributed by atoms with van der Waals surface area (Å²) in [6, 6.07) is 0. The molecule has 0 amide bonds. The lowest BCUT2D eigenvalue weighted by molar-refractivity contribution is -0.343. The molecule has 0 aliphatic heterocycles. The van der Waals surface area contributed by atoms with E-state index in [-0.39, 0.29) is 19.6 Å². The minimum absolute atomic E-state index is 0.00689. The van der Waals surface area contributed by atoms with Crippen molar-refractivity contribution in [2.75, 3.05) is 20.3 Å². The molecular weight excluding hydrogens is 318 g/mol. The van der Waals surface area contributed by atoms with Gasteiger partial charge in [-0.1, -0.05) is 0 Å². The molecule has 1 fully saturated rings. The number of rotatable bonds is 6. The van der Waals surface area contributed by atoms with Crippen LogP contribution in [-0.4, -0.2) is 56.4 Å². The molecule has 0 spiro atoms. The summed E-state index contributed by atoms with van der Waals surface area (Å²) in [6.45, 7) is 0.155. The van der Waals surface area contributed by atoms with Gasteiger partial charge < -0.3 is 14.2 Å². The molecule has 1 aliphatic carbocycles. The van der Waals surface area contributed by atoms with Crippen molar-refractivity contribution < 1.29 is 40.6 Å². The average molecular weight is 331 g/mol. The van der Waals surface area contributed by atoms with Crippen LogP contribution in [0.5, 0.6) is 0 Å². The summed E-state index contributed by atoms with van der Waals surface area (Å²) in [7, 11) is 1.37. The highest BCUT2D eigenvalue weighted by molar-refractivity contribution is 6.21. The van der Waals surface area contributed by atoms with E-state index in [0.29, 0.717) is 0 Å². The van der Waals surface area contributed by atoms with Crippen LogP contribution in [0.3, 0.4) is 0 Å². The Morgan fingerprint density at radius 3 is 2.05 bits per heavy atom. The van der Waals surface area contributed by atoms with E-state index in [4.69, 9.17) is 16.3 Å². The Balaban J connectivity index is 2.60. The summed E-state index contributed by atoms with van der Waals surface area (Å²) in [5.41, 5.74) is 0. The monoisotopic (exact) mass is 330 g/mol. The van der Waals surface area contributed by atoms with Gasteiger partial charge in [0, 0.05) is 7.11 Å². The van der Waals surface area contributed by atoms with Gasteiger partial charge in [-0.2, -0.15) is 26.3 Å². The van der Waals surface area contributed by atoms with Crippen LogP contribution in [0.15, 0.2) is 0 Å². The van der Waals surface area contributed by atoms with Gasteiger partial charge in [-0.25, -0.2) is 0 Å². The van der Waals surface area contributed by atoms with Crippen LogP contribution in [0.25, 0.3) is 0 Å². The largest absolute Gasteiger partial charge is 0.423 e. The van der Waals surface area contributed by atoms with Crippen molar-refractivity contribution in [3.8, 4) is 0 Å². The summed E-state index contributed by atoms with van der Waals surface area (Å²) in [6.07, 6.45) is -17.4. The van der Waals surface area contributed by atoms with Crippen LogP contribution in [0.1, 0.15) is 6.42 Å². The summed E-state index contributed by atoms with van der Waals surface area (Å²) in [5, 5.41) is -0.682. The minimum atomic E-state index is -5.53. The third-order valence-electron chi connectivity index (χ3n) is 2.68. The van der Waals surface area contributed by atoms with Crippen LogP contribution in [0.2, 0.25) is 0 Å². The topological polar surface area (TPSA) is 27.7 Å². The van der Waals surface area contributed by atoms with Crippen LogP contribution in [0.4, 0.5) is 26.3 Å². The second-order valence-corrected chi connectivity index (χ2v) is 4.78. The smallest absolute Gasteiger partial charge is 0.382 e. The lowest BCUT2D eigenvalue weighted by atomic mass is 9.90. The molecule has 1 rings (SSSR count). The molecule has 0 aromatic carbocycles. The molecule has 0 heterocycles. The molecule has 3 nitrogen and oxygen atoms in total. The highest BCUT2D eigenvalue weighted by atomic mass is 35.5. The normalized spacial score (nSPS) is 27.8. The summed E-state index contributed by atoms with van der Waals surface area (Å²) in [4.78, 5) is 0. The molecule has 120 valence electrons. The van der Waals surface area contributed by atoms with Crippen molar-refractivity contribution in [3.63, 3.8) is 0 Å². The fourth-order valence-electron chi connectivity index (χ4n) is 1.65. The van der Waals surface area contributed by atoms with Gasteiger partial charge in [0.15, 0.2) is 0 Å². The van der Waals surface area contributed by atoms with Crippen molar-refractivity contribution in [2.24, 2.45) is 0 Å². The third kappa shape index (κ3) is 4.64. The first-order chi connectivity index (χ1) is 9.07. The van der Waals surface area contributed by atoms with Gasteiger partial charge in [-0.05, 0) is 6.42 Å². The standard InChI is InChI=1S/C10H13ClF6O3/c1-18-2-3-19-7-5(11)4-6(7)20-8(9(12,13)14)10(15,16)17/h5-8H,2-4H2,1H3. The lowest BCUT2D eigenvalue weighted by Gasteiger charge is -2.42. The van der Waals surface area contributed by atoms with Crippen molar-refractivity contribution in [1.82, 2.24) is 0 Å². The minimum Gasteiger partial charge on any atom is -0.382 e. The second kappa shape index (κ2) is 6.67. The van der Waals surface area contributed by atoms with Crippen LogP contribution in [0, 0.1) is 0 Å². The summed E-state index contributed by atoms with van der Waals surface area (Å²) in [5.74, 6) is 0. The molecular formula is C10H13ClF6O3. The molecule has 0 aromatic rings. The Morgan fingerprint density at radius 2 is 1.65 bits per heavy atom. The molecule has 0 saturated heterocycles. The van der Waals surface area contributed by atoms with Gasteiger partial charge in [-0.3, -0.25) is 0 Å². The van der Waals surface area contributed by atoms with E-state index < -0.39 is 36.0 Å². The van der Waals surface area contributed by atoms with Gasteiger partial charge in [0.05, 0.1) is 24.7 Å². The van der Waals surface area contributed by atoms with Crippen molar-refractivity contribution >= 4 is 11.6 Å².